The minimum absolute atomic E-state index is 0.0157. The molecule has 1 aromatic carbocycles. The fourth-order valence-electron chi connectivity index (χ4n) is 2.68. The third-order valence-electron chi connectivity index (χ3n) is 3.72. The first kappa shape index (κ1) is 11.0. The maximum atomic E-state index is 9.62. The van der Waals surface area contributed by atoms with Gasteiger partial charge in [0.25, 0.3) is 0 Å². The van der Waals surface area contributed by atoms with Crippen LogP contribution < -0.4 is 0 Å². The van der Waals surface area contributed by atoms with E-state index in [0.29, 0.717) is 0 Å². The van der Waals surface area contributed by atoms with Crippen LogP contribution in [0.25, 0.3) is 0 Å². The fourth-order valence-corrected chi connectivity index (χ4v) is 2.88. The Morgan fingerprint density at radius 1 is 1.47 bits per heavy atom. The van der Waals surface area contributed by atoms with Gasteiger partial charge in [-0.05, 0) is 48.9 Å². The highest BCUT2D eigenvalue weighted by molar-refractivity contribution is 6.30. The molecule has 15 heavy (non-hydrogen) atoms. The van der Waals surface area contributed by atoms with Crippen LogP contribution in [0.3, 0.4) is 0 Å². The molecule has 1 aromatic rings. The Labute approximate surface area is 96.1 Å². The van der Waals surface area contributed by atoms with Gasteiger partial charge in [0.15, 0.2) is 0 Å². The van der Waals surface area contributed by atoms with Crippen molar-refractivity contribution in [1.82, 2.24) is 0 Å². The molecule has 1 aliphatic rings. The maximum absolute atomic E-state index is 9.62. The quantitative estimate of drug-likeness (QED) is 0.817. The molecule has 1 nitrogen and oxygen atoms in total. The van der Waals surface area contributed by atoms with E-state index in [1.165, 1.54) is 11.1 Å². The summed E-state index contributed by atoms with van der Waals surface area (Å²) in [6, 6.07) is 6.08. The number of aryl methyl sites for hydroxylation is 1. The molecule has 0 saturated heterocycles. The lowest BCUT2D eigenvalue weighted by atomic mass is 9.69. The van der Waals surface area contributed by atoms with Crippen molar-refractivity contribution in [3.8, 4) is 0 Å². The second-order valence-corrected chi connectivity index (χ2v) is 4.88. The summed E-state index contributed by atoms with van der Waals surface area (Å²) in [5.74, 6) is 0. The Bertz CT molecular complexity index is 356. The first-order valence-electron chi connectivity index (χ1n) is 5.61. The predicted molar refractivity (Wildman–Crippen MR) is 63.4 cm³/mol. The van der Waals surface area contributed by atoms with Gasteiger partial charge < -0.3 is 5.11 Å². The van der Waals surface area contributed by atoms with Crippen LogP contribution in [-0.2, 0) is 11.8 Å². The van der Waals surface area contributed by atoms with Gasteiger partial charge in [-0.3, -0.25) is 0 Å². The molecule has 0 heterocycles. The smallest absolute Gasteiger partial charge is 0.0527 e. The summed E-state index contributed by atoms with van der Waals surface area (Å²) in [6.07, 6.45) is 4.34. The van der Waals surface area contributed by atoms with E-state index in [2.05, 4.69) is 19.1 Å². The van der Waals surface area contributed by atoms with Crippen LogP contribution in [0.5, 0.6) is 0 Å². The standard InChI is InChI=1S/C13H17ClO/c1-2-13(9-15)7-3-4-10-8-11(14)5-6-12(10)13/h5-6,8,15H,2-4,7,9H2,1H3. The van der Waals surface area contributed by atoms with Crippen LogP contribution in [0.15, 0.2) is 18.2 Å². The van der Waals surface area contributed by atoms with E-state index in [1.54, 1.807) is 0 Å². The molecule has 0 amide bonds. The molecule has 1 unspecified atom stereocenters. The summed E-state index contributed by atoms with van der Waals surface area (Å²) in [4.78, 5) is 0. The second kappa shape index (κ2) is 4.15. The van der Waals surface area contributed by atoms with Crippen molar-refractivity contribution < 1.29 is 5.11 Å². The summed E-state index contributed by atoms with van der Waals surface area (Å²) >= 11 is 5.99. The van der Waals surface area contributed by atoms with Crippen molar-refractivity contribution in [3.63, 3.8) is 0 Å². The van der Waals surface area contributed by atoms with Gasteiger partial charge >= 0.3 is 0 Å². The molecule has 1 atom stereocenters. The Morgan fingerprint density at radius 3 is 2.93 bits per heavy atom. The molecule has 82 valence electrons. The Hall–Kier alpha value is -0.530. The number of rotatable bonds is 2. The molecule has 0 saturated carbocycles. The second-order valence-electron chi connectivity index (χ2n) is 4.45. The zero-order valence-corrected chi connectivity index (χ0v) is 9.85. The minimum Gasteiger partial charge on any atom is -0.395 e. The zero-order chi connectivity index (χ0) is 10.9. The highest BCUT2D eigenvalue weighted by Gasteiger charge is 2.34. The van der Waals surface area contributed by atoms with E-state index in [-0.39, 0.29) is 12.0 Å². The largest absolute Gasteiger partial charge is 0.395 e. The van der Waals surface area contributed by atoms with E-state index < -0.39 is 0 Å². The molecule has 2 rings (SSSR count). The maximum Gasteiger partial charge on any atom is 0.0527 e. The normalized spacial score (nSPS) is 25.0. The molecular weight excluding hydrogens is 208 g/mol. The van der Waals surface area contributed by atoms with Gasteiger partial charge in [-0.1, -0.05) is 24.6 Å². The molecule has 0 aromatic heterocycles. The summed E-state index contributed by atoms with van der Waals surface area (Å²) in [5.41, 5.74) is 2.62. The Balaban J connectivity index is 2.50. The lowest BCUT2D eigenvalue weighted by Gasteiger charge is -2.37. The van der Waals surface area contributed by atoms with Gasteiger partial charge in [0.2, 0.25) is 0 Å². The van der Waals surface area contributed by atoms with Crippen LogP contribution >= 0.6 is 11.6 Å². The monoisotopic (exact) mass is 224 g/mol. The van der Waals surface area contributed by atoms with Crippen LogP contribution in [0, 0.1) is 0 Å². The average Bonchev–Trinajstić information content (AvgIpc) is 2.27. The first-order valence-corrected chi connectivity index (χ1v) is 5.99. The number of hydrogen-bond donors (Lipinski definition) is 1. The number of hydrogen-bond acceptors (Lipinski definition) is 1. The van der Waals surface area contributed by atoms with E-state index in [1.807, 2.05) is 6.07 Å². The third-order valence-corrected chi connectivity index (χ3v) is 3.95. The Kier molecular flexibility index (Phi) is 3.03. The summed E-state index contributed by atoms with van der Waals surface area (Å²) in [6.45, 7) is 2.40. The number of fused-ring (bicyclic) bond motifs is 1. The molecular formula is C13H17ClO. The van der Waals surface area contributed by atoms with E-state index in [4.69, 9.17) is 11.6 Å². The van der Waals surface area contributed by atoms with Gasteiger partial charge in [-0.15, -0.1) is 0 Å². The lowest BCUT2D eigenvalue weighted by Crippen LogP contribution is -2.34. The van der Waals surface area contributed by atoms with E-state index in [9.17, 15) is 5.11 Å². The molecule has 0 aliphatic heterocycles. The van der Waals surface area contributed by atoms with Gasteiger partial charge in [-0.2, -0.15) is 0 Å². The molecule has 2 heteroatoms. The van der Waals surface area contributed by atoms with Gasteiger partial charge in [-0.25, -0.2) is 0 Å². The van der Waals surface area contributed by atoms with Crippen LogP contribution in [-0.4, -0.2) is 11.7 Å². The van der Waals surface area contributed by atoms with Crippen molar-refractivity contribution in [2.45, 2.75) is 38.0 Å². The molecule has 0 spiro atoms. The number of benzene rings is 1. The van der Waals surface area contributed by atoms with Gasteiger partial charge in [0.05, 0.1) is 6.61 Å². The van der Waals surface area contributed by atoms with Crippen molar-refractivity contribution in [3.05, 3.63) is 34.3 Å². The summed E-state index contributed by atoms with van der Waals surface area (Å²) < 4.78 is 0. The SMILES string of the molecule is CCC1(CO)CCCc2cc(Cl)ccc21. The van der Waals surface area contributed by atoms with Crippen molar-refractivity contribution in [1.29, 1.82) is 0 Å². The molecule has 1 N–H and O–H groups in total. The van der Waals surface area contributed by atoms with Crippen LogP contribution in [0.4, 0.5) is 0 Å². The van der Waals surface area contributed by atoms with Gasteiger partial charge in [0.1, 0.15) is 0 Å². The summed E-state index contributed by atoms with van der Waals surface area (Å²) in [7, 11) is 0. The Morgan fingerprint density at radius 2 is 2.27 bits per heavy atom. The number of halogens is 1. The third kappa shape index (κ3) is 1.79. The number of aliphatic hydroxyl groups is 1. The van der Waals surface area contributed by atoms with Crippen LogP contribution in [0.1, 0.15) is 37.3 Å². The highest BCUT2D eigenvalue weighted by atomic mass is 35.5. The number of aliphatic hydroxyl groups excluding tert-OH is 1. The molecule has 1 aliphatic carbocycles. The van der Waals surface area contributed by atoms with Crippen LogP contribution in [0.2, 0.25) is 5.02 Å². The zero-order valence-electron chi connectivity index (χ0n) is 9.09. The summed E-state index contributed by atoms with van der Waals surface area (Å²) in [5, 5.41) is 10.4. The molecule has 0 fully saturated rings. The highest BCUT2D eigenvalue weighted by Crippen LogP contribution is 2.40. The first-order chi connectivity index (χ1) is 7.22. The lowest BCUT2D eigenvalue weighted by molar-refractivity contribution is 0.169. The minimum atomic E-state index is -0.0157. The average molecular weight is 225 g/mol. The van der Waals surface area contributed by atoms with E-state index >= 15 is 0 Å². The van der Waals surface area contributed by atoms with Gasteiger partial charge in [0, 0.05) is 10.4 Å². The van der Waals surface area contributed by atoms with Crippen molar-refractivity contribution >= 4 is 11.6 Å². The molecule has 0 radical (unpaired) electrons. The predicted octanol–water partition coefficient (Wildman–Crippen LogP) is 3.32. The fraction of sp³-hybridized carbons (Fsp3) is 0.538. The molecule has 0 bridgehead atoms. The topological polar surface area (TPSA) is 20.2 Å². The van der Waals surface area contributed by atoms with Crippen molar-refractivity contribution in [2.75, 3.05) is 6.61 Å². The van der Waals surface area contributed by atoms with E-state index in [0.717, 1.165) is 30.7 Å². The van der Waals surface area contributed by atoms with Crippen molar-refractivity contribution in [2.24, 2.45) is 0 Å².